The number of hydrogen-bond acceptors (Lipinski definition) is 4. The van der Waals surface area contributed by atoms with E-state index in [0.29, 0.717) is 19.2 Å². The third kappa shape index (κ3) is 2.46. The molecule has 2 fully saturated rings. The van der Waals surface area contributed by atoms with Gasteiger partial charge in [0.25, 0.3) is 0 Å². The number of amides is 1. The van der Waals surface area contributed by atoms with Crippen LogP contribution in [0.2, 0.25) is 0 Å². The number of carbonyl (C=O) groups is 1. The molecular formula is C19H26N2O3. The number of hydrogen-bond donors (Lipinski definition) is 0. The van der Waals surface area contributed by atoms with Gasteiger partial charge in [-0.15, -0.1) is 0 Å². The van der Waals surface area contributed by atoms with Crippen molar-refractivity contribution in [3.63, 3.8) is 0 Å². The fourth-order valence-electron chi connectivity index (χ4n) is 4.57. The second kappa shape index (κ2) is 6.47. The van der Waals surface area contributed by atoms with Gasteiger partial charge in [0.05, 0.1) is 18.6 Å². The fraction of sp³-hybridized carbons (Fsp3) is 0.632. The third-order valence-electron chi connectivity index (χ3n) is 5.96. The summed E-state index contributed by atoms with van der Waals surface area (Å²) in [5, 5.41) is 0. The second-order valence-corrected chi connectivity index (χ2v) is 7.10. The van der Waals surface area contributed by atoms with E-state index in [1.165, 1.54) is 5.56 Å². The number of para-hydroxylation sites is 1. The molecule has 3 heterocycles. The van der Waals surface area contributed by atoms with Crippen LogP contribution < -0.4 is 4.90 Å². The third-order valence-corrected chi connectivity index (χ3v) is 5.96. The molecule has 2 saturated heterocycles. The number of likely N-dealkylation sites (tertiary alicyclic amines) is 1. The van der Waals surface area contributed by atoms with Crippen LogP contribution >= 0.6 is 0 Å². The van der Waals surface area contributed by atoms with Crippen molar-refractivity contribution in [1.82, 2.24) is 4.90 Å². The highest BCUT2D eigenvalue weighted by atomic mass is 16.5. The van der Waals surface area contributed by atoms with Crippen LogP contribution in [0, 0.1) is 0 Å². The van der Waals surface area contributed by atoms with Gasteiger partial charge in [0.1, 0.15) is 0 Å². The lowest BCUT2D eigenvalue weighted by molar-refractivity contribution is -0.125. The van der Waals surface area contributed by atoms with Crippen LogP contribution in [0.3, 0.4) is 0 Å². The number of nitrogens with zero attached hydrogens (tertiary/aromatic N) is 2. The molecule has 1 spiro atoms. The Hall–Kier alpha value is -1.43. The molecule has 1 aromatic carbocycles. The summed E-state index contributed by atoms with van der Waals surface area (Å²) in [6.45, 7) is 4.88. The highest BCUT2D eigenvalue weighted by Gasteiger charge is 2.52. The van der Waals surface area contributed by atoms with Crippen LogP contribution in [-0.2, 0) is 19.7 Å². The lowest BCUT2D eigenvalue weighted by Crippen LogP contribution is -2.51. The van der Waals surface area contributed by atoms with Crippen molar-refractivity contribution >= 4 is 11.6 Å². The van der Waals surface area contributed by atoms with E-state index in [9.17, 15) is 4.79 Å². The van der Waals surface area contributed by atoms with Crippen LogP contribution in [0.4, 0.5) is 5.69 Å². The molecule has 130 valence electrons. The van der Waals surface area contributed by atoms with Crippen LogP contribution in [0.15, 0.2) is 24.3 Å². The van der Waals surface area contributed by atoms with E-state index in [2.05, 4.69) is 23.1 Å². The number of methoxy groups -OCH3 is 1. The Morgan fingerprint density at radius 3 is 2.79 bits per heavy atom. The molecule has 4 rings (SSSR count). The number of anilines is 1. The Bertz CT molecular complexity index is 604. The molecule has 0 unspecified atom stereocenters. The van der Waals surface area contributed by atoms with Crippen LogP contribution in [0.5, 0.6) is 0 Å². The SMILES string of the molecule is COCCN1C(=O)C2(CCN([C@H]3CCOC3)CC2)c2ccccc21. The van der Waals surface area contributed by atoms with Gasteiger partial charge in [-0.1, -0.05) is 18.2 Å². The fourth-order valence-corrected chi connectivity index (χ4v) is 4.57. The van der Waals surface area contributed by atoms with Crippen LogP contribution in [0.25, 0.3) is 0 Å². The Morgan fingerprint density at radius 1 is 1.29 bits per heavy atom. The van der Waals surface area contributed by atoms with Gasteiger partial charge in [0.15, 0.2) is 0 Å². The molecule has 24 heavy (non-hydrogen) atoms. The Labute approximate surface area is 143 Å². The first kappa shape index (κ1) is 16.1. The molecule has 0 saturated carbocycles. The topological polar surface area (TPSA) is 42.0 Å². The van der Waals surface area contributed by atoms with E-state index in [1.54, 1.807) is 7.11 Å². The summed E-state index contributed by atoms with van der Waals surface area (Å²) in [6, 6.07) is 8.85. The predicted molar refractivity (Wildman–Crippen MR) is 92.4 cm³/mol. The van der Waals surface area contributed by atoms with E-state index in [-0.39, 0.29) is 11.3 Å². The number of rotatable bonds is 4. The van der Waals surface area contributed by atoms with Gasteiger partial charge in [-0.3, -0.25) is 9.69 Å². The van der Waals surface area contributed by atoms with Crippen molar-refractivity contribution in [3.05, 3.63) is 29.8 Å². The van der Waals surface area contributed by atoms with Crippen molar-refractivity contribution in [2.75, 3.05) is 51.5 Å². The van der Waals surface area contributed by atoms with Gasteiger partial charge in [0.2, 0.25) is 5.91 Å². The number of fused-ring (bicyclic) bond motifs is 2. The molecule has 3 aliphatic rings. The molecule has 1 aromatic rings. The standard InChI is InChI=1S/C19H26N2O3/c1-23-13-11-21-17-5-3-2-4-16(17)19(18(21)22)7-9-20(10-8-19)15-6-12-24-14-15/h2-5,15H,6-14H2,1H3/t15-/m0/s1. The average molecular weight is 330 g/mol. The van der Waals surface area contributed by atoms with Crippen LogP contribution in [0.1, 0.15) is 24.8 Å². The molecule has 0 aliphatic carbocycles. The lowest BCUT2D eigenvalue weighted by atomic mass is 9.73. The molecule has 5 heteroatoms. The first-order chi connectivity index (χ1) is 11.8. The van der Waals surface area contributed by atoms with Gasteiger partial charge >= 0.3 is 0 Å². The van der Waals surface area contributed by atoms with Crippen LogP contribution in [-0.4, -0.2) is 63.4 Å². The van der Waals surface area contributed by atoms with E-state index >= 15 is 0 Å². The molecule has 3 aliphatic heterocycles. The summed E-state index contributed by atoms with van der Waals surface area (Å²) in [4.78, 5) is 17.8. The minimum absolute atomic E-state index is 0.267. The van der Waals surface area contributed by atoms with E-state index in [1.807, 2.05) is 11.0 Å². The summed E-state index contributed by atoms with van der Waals surface area (Å²) in [5.74, 6) is 0.267. The Kier molecular flexibility index (Phi) is 4.33. The van der Waals surface area contributed by atoms with Crippen molar-refractivity contribution in [3.8, 4) is 0 Å². The summed E-state index contributed by atoms with van der Waals surface area (Å²) in [7, 11) is 1.68. The zero-order valence-electron chi connectivity index (χ0n) is 14.4. The Balaban J connectivity index is 1.57. The van der Waals surface area contributed by atoms with Gasteiger partial charge in [-0.25, -0.2) is 0 Å². The highest BCUT2D eigenvalue weighted by Crippen LogP contribution is 2.48. The molecule has 5 nitrogen and oxygen atoms in total. The number of ether oxygens (including phenoxy) is 2. The number of piperidine rings is 1. The molecular weight excluding hydrogens is 304 g/mol. The van der Waals surface area contributed by atoms with Crippen molar-refractivity contribution in [2.24, 2.45) is 0 Å². The lowest BCUT2D eigenvalue weighted by Gasteiger charge is -2.40. The maximum Gasteiger partial charge on any atom is 0.237 e. The molecule has 0 N–H and O–H groups in total. The molecule has 1 amide bonds. The summed E-state index contributed by atoms with van der Waals surface area (Å²) in [6.07, 6.45) is 2.93. The first-order valence-corrected chi connectivity index (χ1v) is 8.98. The summed E-state index contributed by atoms with van der Waals surface area (Å²) in [5.41, 5.74) is 1.96. The molecule has 1 atom stereocenters. The van der Waals surface area contributed by atoms with Gasteiger partial charge in [-0.2, -0.15) is 0 Å². The van der Waals surface area contributed by atoms with E-state index in [0.717, 1.165) is 51.3 Å². The zero-order valence-corrected chi connectivity index (χ0v) is 14.4. The summed E-state index contributed by atoms with van der Waals surface area (Å²) >= 11 is 0. The van der Waals surface area contributed by atoms with Crippen molar-refractivity contribution < 1.29 is 14.3 Å². The maximum absolute atomic E-state index is 13.3. The quantitative estimate of drug-likeness (QED) is 0.844. The van der Waals surface area contributed by atoms with Crippen molar-refractivity contribution in [1.29, 1.82) is 0 Å². The summed E-state index contributed by atoms with van der Waals surface area (Å²) < 4.78 is 10.7. The normalized spacial score (nSPS) is 26.3. The number of benzene rings is 1. The van der Waals surface area contributed by atoms with Gasteiger partial charge < -0.3 is 14.4 Å². The molecule has 0 aromatic heterocycles. The largest absolute Gasteiger partial charge is 0.383 e. The minimum atomic E-state index is -0.333. The molecule has 0 bridgehead atoms. The highest BCUT2D eigenvalue weighted by molar-refractivity contribution is 6.08. The molecule has 0 radical (unpaired) electrons. The Morgan fingerprint density at radius 2 is 2.08 bits per heavy atom. The first-order valence-electron chi connectivity index (χ1n) is 8.98. The minimum Gasteiger partial charge on any atom is -0.383 e. The van der Waals surface area contributed by atoms with Gasteiger partial charge in [0, 0.05) is 32.0 Å². The average Bonchev–Trinajstić information content (AvgIpc) is 3.23. The maximum atomic E-state index is 13.3. The second-order valence-electron chi connectivity index (χ2n) is 7.10. The van der Waals surface area contributed by atoms with Crippen molar-refractivity contribution in [2.45, 2.75) is 30.7 Å². The number of carbonyl (C=O) groups excluding carboxylic acids is 1. The van der Waals surface area contributed by atoms with E-state index < -0.39 is 0 Å². The smallest absolute Gasteiger partial charge is 0.237 e. The predicted octanol–water partition coefficient (Wildman–Crippen LogP) is 1.80. The zero-order chi connectivity index (χ0) is 16.6. The van der Waals surface area contributed by atoms with E-state index in [4.69, 9.17) is 9.47 Å². The monoisotopic (exact) mass is 330 g/mol. The van der Waals surface area contributed by atoms with Gasteiger partial charge in [-0.05, 0) is 44.0 Å².